The largest absolute Gasteiger partial charge is 0.478 e. The highest BCUT2D eigenvalue weighted by Crippen LogP contribution is 2.29. The molecule has 0 spiro atoms. The van der Waals surface area contributed by atoms with Crippen LogP contribution in [0, 0.1) is 5.82 Å². The number of carbonyl (C=O) groups excluding carboxylic acids is 1. The third kappa shape index (κ3) is 3.06. The molecule has 6 heteroatoms. The average molecular weight is 288 g/mol. The predicted octanol–water partition coefficient (Wildman–Crippen LogP) is 2.15. The minimum atomic E-state index is -1.16. The van der Waals surface area contributed by atoms with Crippen LogP contribution in [0.25, 0.3) is 0 Å². The van der Waals surface area contributed by atoms with Gasteiger partial charge in [0.2, 0.25) is 5.91 Å². The summed E-state index contributed by atoms with van der Waals surface area (Å²) in [6.07, 6.45) is 0. The standard InChI is InChI=1S/C15H13FN2O3/c16-10-5-7-11(8-6-10)18(14(19)9-17)13-4-2-1-3-12(13)15(20)21/h1-8H,9,17H2,(H,20,21). The number of hydrogen-bond donors (Lipinski definition) is 2. The van der Waals surface area contributed by atoms with Gasteiger partial charge >= 0.3 is 5.97 Å². The number of amides is 1. The van der Waals surface area contributed by atoms with E-state index in [4.69, 9.17) is 5.73 Å². The molecule has 2 rings (SSSR count). The third-order valence-electron chi connectivity index (χ3n) is 2.88. The lowest BCUT2D eigenvalue weighted by Gasteiger charge is -2.24. The van der Waals surface area contributed by atoms with E-state index in [1.54, 1.807) is 12.1 Å². The molecule has 0 heterocycles. The van der Waals surface area contributed by atoms with Gasteiger partial charge in [0.05, 0.1) is 17.8 Å². The van der Waals surface area contributed by atoms with E-state index in [9.17, 15) is 19.1 Å². The van der Waals surface area contributed by atoms with Gasteiger partial charge < -0.3 is 10.8 Å². The lowest BCUT2D eigenvalue weighted by molar-refractivity contribution is -0.116. The zero-order chi connectivity index (χ0) is 15.4. The zero-order valence-electron chi connectivity index (χ0n) is 11.0. The topological polar surface area (TPSA) is 83.6 Å². The van der Waals surface area contributed by atoms with Crippen LogP contribution < -0.4 is 10.6 Å². The van der Waals surface area contributed by atoms with E-state index in [1.165, 1.54) is 41.3 Å². The molecule has 0 bridgehead atoms. The Balaban J connectivity index is 2.59. The van der Waals surface area contributed by atoms with Crippen molar-refractivity contribution < 1.29 is 19.1 Å². The molecule has 0 unspecified atom stereocenters. The number of para-hydroxylation sites is 1. The van der Waals surface area contributed by atoms with E-state index >= 15 is 0 Å². The fraction of sp³-hybridized carbons (Fsp3) is 0.0667. The normalized spacial score (nSPS) is 10.2. The number of nitrogens with zero attached hydrogens (tertiary/aromatic N) is 1. The molecule has 5 nitrogen and oxygen atoms in total. The Hall–Kier alpha value is -2.73. The van der Waals surface area contributed by atoms with Crippen LogP contribution in [0.5, 0.6) is 0 Å². The van der Waals surface area contributed by atoms with Gasteiger partial charge in [-0.2, -0.15) is 0 Å². The summed E-state index contributed by atoms with van der Waals surface area (Å²) in [4.78, 5) is 24.5. The van der Waals surface area contributed by atoms with Crippen LogP contribution in [0.3, 0.4) is 0 Å². The third-order valence-corrected chi connectivity index (χ3v) is 2.88. The Kier molecular flexibility index (Phi) is 4.30. The molecule has 0 aromatic heterocycles. The Morgan fingerprint density at radius 2 is 1.71 bits per heavy atom. The van der Waals surface area contributed by atoms with Crippen molar-refractivity contribution in [1.82, 2.24) is 0 Å². The minimum absolute atomic E-state index is 0.0383. The fourth-order valence-electron chi connectivity index (χ4n) is 1.95. The number of aromatic carboxylic acids is 1. The first kappa shape index (κ1) is 14.7. The summed E-state index contributed by atoms with van der Waals surface area (Å²) in [5.41, 5.74) is 5.89. The molecular weight excluding hydrogens is 275 g/mol. The van der Waals surface area contributed by atoms with Crippen LogP contribution in [0.2, 0.25) is 0 Å². The highest BCUT2D eigenvalue weighted by Gasteiger charge is 2.22. The molecule has 0 atom stereocenters. The number of hydrogen-bond acceptors (Lipinski definition) is 3. The maximum Gasteiger partial charge on any atom is 0.337 e. The van der Waals surface area contributed by atoms with Crippen molar-refractivity contribution in [3.8, 4) is 0 Å². The number of carboxylic acids is 1. The summed E-state index contributed by atoms with van der Waals surface area (Å²) in [5, 5.41) is 9.23. The number of rotatable bonds is 4. The van der Waals surface area contributed by atoms with E-state index in [0.29, 0.717) is 5.69 Å². The summed E-state index contributed by atoms with van der Waals surface area (Å²) in [5.74, 6) is -2.11. The summed E-state index contributed by atoms with van der Waals surface area (Å²) in [6, 6.07) is 11.2. The van der Waals surface area contributed by atoms with Gasteiger partial charge in [0.15, 0.2) is 0 Å². The predicted molar refractivity (Wildman–Crippen MR) is 76.0 cm³/mol. The molecule has 0 radical (unpaired) electrons. The van der Waals surface area contributed by atoms with E-state index in [1.807, 2.05) is 0 Å². The molecule has 2 aromatic carbocycles. The van der Waals surface area contributed by atoms with Gasteiger partial charge in [0.1, 0.15) is 5.82 Å². The van der Waals surface area contributed by atoms with Crippen LogP contribution in [0.15, 0.2) is 48.5 Å². The van der Waals surface area contributed by atoms with Crippen LogP contribution >= 0.6 is 0 Å². The zero-order valence-corrected chi connectivity index (χ0v) is 11.0. The molecule has 0 fully saturated rings. The molecule has 0 saturated heterocycles. The second-order valence-electron chi connectivity index (χ2n) is 4.23. The van der Waals surface area contributed by atoms with Gasteiger partial charge in [0.25, 0.3) is 0 Å². The number of halogens is 1. The van der Waals surface area contributed by atoms with E-state index in [0.717, 1.165) is 0 Å². The molecule has 3 N–H and O–H groups in total. The van der Waals surface area contributed by atoms with Gasteiger partial charge in [-0.25, -0.2) is 9.18 Å². The lowest BCUT2D eigenvalue weighted by atomic mass is 10.1. The maximum atomic E-state index is 13.0. The quantitative estimate of drug-likeness (QED) is 0.903. The van der Waals surface area contributed by atoms with Gasteiger partial charge in [-0.3, -0.25) is 9.69 Å². The highest BCUT2D eigenvalue weighted by atomic mass is 19.1. The molecule has 0 aliphatic rings. The average Bonchev–Trinajstić information content (AvgIpc) is 2.49. The van der Waals surface area contributed by atoms with Crippen molar-refractivity contribution in [2.75, 3.05) is 11.4 Å². The number of carboxylic acid groups (broad SMARTS) is 1. The minimum Gasteiger partial charge on any atom is -0.478 e. The molecular formula is C15H13FN2O3. The second-order valence-corrected chi connectivity index (χ2v) is 4.23. The molecule has 0 saturated carbocycles. The van der Waals surface area contributed by atoms with Crippen molar-refractivity contribution >= 4 is 23.3 Å². The smallest absolute Gasteiger partial charge is 0.337 e. The molecule has 2 aromatic rings. The van der Waals surface area contributed by atoms with Gasteiger partial charge in [-0.1, -0.05) is 12.1 Å². The Bertz CT molecular complexity index is 671. The van der Waals surface area contributed by atoms with E-state index in [-0.39, 0.29) is 17.8 Å². The SMILES string of the molecule is NCC(=O)N(c1ccc(F)cc1)c1ccccc1C(=O)O. The van der Waals surface area contributed by atoms with E-state index < -0.39 is 17.7 Å². The molecule has 0 aliphatic heterocycles. The summed E-state index contributed by atoms with van der Waals surface area (Å²) >= 11 is 0. The Labute approximate surface area is 120 Å². The first-order valence-corrected chi connectivity index (χ1v) is 6.15. The first-order chi connectivity index (χ1) is 10.0. The van der Waals surface area contributed by atoms with Gasteiger partial charge in [-0.05, 0) is 36.4 Å². The Morgan fingerprint density at radius 1 is 1.10 bits per heavy atom. The van der Waals surface area contributed by atoms with Crippen molar-refractivity contribution in [1.29, 1.82) is 0 Å². The highest BCUT2D eigenvalue weighted by molar-refractivity contribution is 6.07. The van der Waals surface area contributed by atoms with Crippen LogP contribution in [-0.4, -0.2) is 23.5 Å². The first-order valence-electron chi connectivity index (χ1n) is 6.15. The molecule has 0 aliphatic carbocycles. The lowest BCUT2D eigenvalue weighted by Crippen LogP contribution is -2.33. The molecule has 1 amide bonds. The summed E-state index contributed by atoms with van der Waals surface area (Å²) < 4.78 is 13.0. The van der Waals surface area contributed by atoms with Crippen LogP contribution in [0.1, 0.15) is 10.4 Å². The maximum absolute atomic E-state index is 13.0. The number of anilines is 2. The summed E-state index contributed by atoms with van der Waals surface area (Å²) in [6.45, 7) is -0.300. The Morgan fingerprint density at radius 3 is 2.29 bits per heavy atom. The van der Waals surface area contributed by atoms with Crippen LogP contribution in [-0.2, 0) is 4.79 Å². The fourth-order valence-corrected chi connectivity index (χ4v) is 1.95. The number of benzene rings is 2. The molecule has 21 heavy (non-hydrogen) atoms. The van der Waals surface area contributed by atoms with Crippen molar-refractivity contribution in [3.05, 3.63) is 59.9 Å². The monoisotopic (exact) mass is 288 g/mol. The molecule has 108 valence electrons. The summed E-state index contributed by atoms with van der Waals surface area (Å²) in [7, 11) is 0. The van der Waals surface area contributed by atoms with E-state index in [2.05, 4.69) is 0 Å². The van der Waals surface area contributed by atoms with Crippen LogP contribution in [0.4, 0.5) is 15.8 Å². The van der Waals surface area contributed by atoms with Crippen molar-refractivity contribution in [2.24, 2.45) is 5.73 Å². The van der Waals surface area contributed by atoms with Gasteiger partial charge in [-0.15, -0.1) is 0 Å². The van der Waals surface area contributed by atoms with Crippen molar-refractivity contribution in [3.63, 3.8) is 0 Å². The number of carbonyl (C=O) groups is 2. The van der Waals surface area contributed by atoms with Gasteiger partial charge in [0, 0.05) is 5.69 Å². The van der Waals surface area contributed by atoms with Crippen molar-refractivity contribution in [2.45, 2.75) is 0 Å². The number of nitrogens with two attached hydrogens (primary N) is 1. The second kappa shape index (κ2) is 6.15.